The monoisotopic (exact) mass is 706 g/mol. The highest BCUT2D eigenvalue weighted by Crippen LogP contribution is 2.40. The van der Waals surface area contributed by atoms with E-state index < -0.39 is 5.79 Å². The van der Waals surface area contributed by atoms with Gasteiger partial charge in [0.25, 0.3) is 0 Å². The van der Waals surface area contributed by atoms with Gasteiger partial charge in [-0.1, -0.05) is 36.2 Å². The molecule has 2 N–H and O–H groups in total. The van der Waals surface area contributed by atoms with Crippen LogP contribution in [0.3, 0.4) is 0 Å². The summed E-state index contributed by atoms with van der Waals surface area (Å²) in [6, 6.07) is 20.8. The molecule has 2 fully saturated rings. The fourth-order valence-electron chi connectivity index (χ4n) is 5.90. The Hall–Kier alpha value is -4.36. The number of benzene rings is 3. The number of urea groups is 1. The molecular formula is C35H40Cl2N8O4. The summed E-state index contributed by atoms with van der Waals surface area (Å²) in [6.45, 7) is 8.26. The van der Waals surface area contributed by atoms with Crippen LogP contribution in [0.2, 0.25) is 10.0 Å². The van der Waals surface area contributed by atoms with Crippen LogP contribution in [-0.2, 0) is 21.8 Å². The fraction of sp³-hybridized carbons (Fsp3) is 0.371. The zero-order valence-electron chi connectivity index (χ0n) is 27.5. The van der Waals surface area contributed by atoms with E-state index in [0.29, 0.717) is 34.5 Å². The first-order valence-electron chi connectivity index (χ1n) is 16.3. The number of nitrogens with one attached hydrogen (secondary N) is 2. The first kappa shape index (κ1) is 34.5. The lowest BCUT2D eigenvalue weighted by Gasteiger charge is -2.37. The average Bonchev–Trinajstić information content (AvgIpc) is 3.79. The van der Waals surface area contributed by atoms with E-state index in [1.165, 1.54) is 11.2 Å². The molecule has 2 aliphatic heterocycles. The topological polar surface area (TPSA) is 121 Å². The molecule has 0 aliphatic carbocycles. The summed E-state index contributed by atoms with van der Waals surface area (Å²) in [5, 5.41) is 15.8. The molecule has 3 atom stereocenters. The fourth-order valence-corrected chi connectivity index (χ4v) is 6.46. The van der Waals surface area contributed by atoms with Gasteiger partial charge in [-0.05, 0) is 74.0 Å². The van der Waals surface area contributed by atoms with Crippen molar-refractivity contribution in [3.63, 3.8) is 0 Å². The molecule has 0 radical (unpaired) electrons. The number of aromatic nitrogens is 3. The predicted molar refractivity (Wildman–Crippen MR) is 191 cm³/mol. The maximum Gasteiger partial charge on any atom is 0.327 e. The Morgan fingerprint density at radius 1 is 1.08 bits per heavy atom. The summed E-state index contributed by atoms with van der Waals surface area (Å²) in [4.78, 5) is 22.6. The molecule has 12 nitrogen and oxygen atoms in total. The van der Waals surface area contributed by atoms with Crippen LogP contribution in [0.5, 0.6) is 5.75 Å². The van der Waals surface area contributed by atoms with Crippen molar-refractivity contribution in [3.8, 4) is 5.75 Å². The minimum Gasteiger partial charge on any atom is -0.491 e. The number of carbonyl (C=O) groups is 1. The molecule has 2 saturated heterocycles. The summed E-state index contributed by atoms with van der Waals surface area (Å²) in [5.41, 5.74) is 3.53. The maximum absolute atomic E-state index is 12.6. The number of anilines is 3. The van der Waals surface area contributed by atoms with Crippen molar-refractivity contribution in [2.45, 2.75) is 44.7 Å². The van der Waals surface area contributed by atoms with E-state index in [2.05, 4.69) is 37.3 Å². The van der Waals surface area contributed by atoms with Crippen molar-refractivity contribution in [3.05, 3.63) is 95.0 Å². The van der Waals surface area contributed by atoms with Crippen LogP contribution in [0.4, 0.5) is 21.9 Å². The van der Waals surface area contributed by atoms with Crippen LogP contribution in [0.1, 0.15) is 25.8 Å². The van der Waals surface area contributed by atoms with Gasteiger partial charge in [0, 0.05) is 54.2 Å². The summed E-state index contributed by atoms with van der Waals surface area (Å²) >= 11 is 12.7. The second-order valence-corrected chi connectivity index (χ2v) is 12.9. The molecule has 49 heavy (non-hydrogen) atoms. The van der Waals surface area contributed by atoms with E-state index in [4.69, 9.17) is 42.8 Å². The van der Waals surface area contributed by atoms with Crippen molar-refractivity contribution in [1.82, 2.24) is 20.1 Å². The van der Waals surface area contributed by atoms with Gasteiger partial charge in [-0.25, -0.2) is 14.5 Å². The molecule has 3 unspecified atom stereocenters. The molecular weight excluding hydrogens is 667 g/mol. The first-order chi connectivity index (χ1) is 23.8. The summed E-state index contributed by atoms with van der Waals surface area (Å²) in [6.07, 6.45) is 4.59. The highest BCUT2D eigenvalue weighted by atomic mass is 35.5. The third-order valence-corrected chi connectivity index (χ3v) is 9.33. The first-order valence-corrected chi connectivity index (χ1v) is 17.1. The highest BCUT2D eigenvalue weighted by molar-refractivity contribution is 6.35. The van der Waals surface area contributed by atoms with E-state index in [1.807, 2.05) is 56.3 Å². The van der Waals surface area contributed by atoms with Crippen LogP contribution in [-0.4, -0.2) is 78.7 Å². The lowest BCUT2D eigenvalue weighted by Crippen LogP contribution is -2.46. The zero-order valence-corrected chi connectivity index (χ0v) is 29.0. The van der Waals surface area contributed by atoms with Crippen molar-refractivity contribution in [2.75, 3.05) is 54.1 Å². The number of halogens is 2. The number of piperazine rings is 1. The number of rotatable bonds is 12. The molecule has 3 aromatic carbocycles. The molecule has 2 aliphatic rings. The number of nitrogens with zero attached hydrogens (tertiary/aromatic N) is 6. The number of hydrogen-bond donors (Lipinski definition) is 2. The van der Waals surface area contributed by atoms with E-state index in [1.54, 1.807) is 23.1 Å². The Balaban J connectivity index is 1.01. The summed E-state index contributed by atoms with van der Waals surface area (Å²) < 4.78 is 20.5. The predicted octanol–water partition coefficient (Wildman–Crippen LogP) is 6.18. The third kappa shape index (κ3) is 8.10. The van der Waals surface area contributed by atoms with Crippen LogP contribution in [0, 0.1) is 5.41 Å². The smallest absolute Gasteiger partial charge is 0.327 e. The van der Waals surface area contributed by atoms with Gasteiger partial charge < -0.3 is 29.3 Å². The van der Waals surface area contributed by atoms with Gasteiger partial charge in [0.15, 0.2) is 0 Å². The lowest BCUT2D eigenvalue weighted by atomic mass is 10.1. The van der Waals surface area contributed by atoms with E-state index >= 15 is 0 Å². The molecule has 14 heteroatoms. The molecule has 258 valence electrons. The molecule has 0 spiro atoms. The van der Waals surface area contributed by atoms with Gasteiger partial charge in [-0.2, -0.15) is 5.10 Å². The largest absolute Gasteiger partial charge is 0.491 e. The summed E-state index contributed by atoms with van der Waals surface area (Å²) in [7, 11) is 0. The number of carbonyl (C=O) groups excluding carboxylic acids is 1. The minimum absolute atomic E-state index is 0.0378. The van der Waals surface area contributed by atoms with Crippen molar-refractivity contribution in [2.24, 2.45) is 0 Å². The Bertz CT molecular complexity index is 1700. The quantitative estimate of drug-likeness (QED) is 0.132. The van der Waals surface area contributed by atoms with Crippen LogP contribution < -0.4 is 24.8 Å². The molecule has 4 aromatic rings. The van der Waals surface area contributed by atoms with Crippen LogP contribution in [0.25, 0.3) is 0 Å². The number of hydrogen-bond acceptors (Lipinski definition) is 9. The highest BCUT2D eigenvalue weighted by Gasteiger charge is 2.45. The van der Waals surface area contributed by atoms with Crippen molar-refractivity contribution < 1.29 is 19.0 Å². The lowest BCUT2D eigenvalue weighted by molar-refractivity contribution is -0.190. The number of ether oxygens (including phenoxy) is 3. The third-order valence-electron chi connectivity index (χ3n) is 8.78. The van der Waals surface area contributed by atoms with E-state index in [0.717, 1.165) is 56.1 Å². The van der Waals surface area contributed by atoms with Gasteiger partial charge in [0.1, 0.15) is 37.7 Å². The Morgan fingerprint density at radius 3 is 2.35 bits per heavy atom. The van der Waals surface area contributed by atoms with Gasteiger partial charge in [0.2, 0.25) is 5.79 Å². The van der Waals surface area contributed by atoms with Crippen LogP contribution >= 0.6 is 23.2 Å². The van der Waals surface area contributed by atoms with Gasteiger partial charge in [-0.3, -0.25) is 10.3 Å². The van der Waals surface area contributed by atoms with Gasteiger partial charge >= 0.3 is 6.03 Å². The van der Waals surface area contributed by atoms with E-state index in [9.17, 15) is 4.79 Å². The minimum atomic E-state index is -1.16. The molecule has 2 amide bonds. The second-order valence-electron chi connectivity index (χ2n) is 12.1. The van der Waals surface area contributed by atoms with Gasteiger partial charge in [-0.15, -0.1) is 0 Å². The molecule has 6 rings (SSSR count). The SMILES string of the molecule is CCC(C)NC(=O)N(C=N)c1ccc(N2CCN(c3ccc(OCC4COC(Cn5cncn5)(c5ccc(Cl)cc5Cl)O4)cc3)CC2)cc1. The summed E-state index contributed by atoms with van der Waals surface area (Å²) in [5.74, 6) is -0.428. The molecule has 1 aromatic heterocycles. The number of amides is 2. The Morgan fingerprint density at radius 2 is 1.76 bits per heavy atom. The van der Waals surface area contributed by atoms with E-state index in [-0.39, 0.29) is 24.7 Å². The van der Waals surface area contributed by atoms with Crippen molar-refractivity contribution in [1.29, 1.82) is 5.41 Å². The maximum atomic E-state index is 12.6. The standard InChI is InChI=1S/C35H40Cl2N8O4/c1-3-25(2)41-34(46)45(22-38)29-7-5-27(6-8-29)42-14-16-43(17-15-42)28-9-11-30(12-10-28)47-19-31-20-48-35(49-31,21-44-24-39-23-40-44)32-13-4-26(36)18-33(32)37/h4-13,18,22-25,31,38H,3,14-17,19-21H2,1-2H3,(H,41,46). The molecule has 3 heterocycles. The zero-order chi connectivity index (χ0) is 34.4. The molecule has 0 saturated carbocycles. The second kappa shape index (κ2) is 15.5. The van der Waals surface area contributed by atoms with Crippen molar-refractivity contribution >= 4 is 52.6 Å². The normalized spacial score (nSPS) is 19.8. The molecule has 0 bridgehead atoms. The Labute approximate surface area is 296 Å². The Kier molecular flexibility index (Phi) is 10.9. The average molecular weight is 708 g/mol. The van der Waals surface area contributed by atoms with Crippen LogP contribution in [0.15, 0.2) is 79.4 Å². The van der Waals surface area contributed by atoms with Gasteiger partial charge in [0.05, 0.1) is 23.7 Å².